The summed E-state index contributed by atoms with van der Waals surface area (Å²) < 4.78 is 27.4. The molecular formula is C32H27N7O5S. The fourth-order valence-electron chi connectivity index (χ4n) is 4.35. The molecule has 0 bridgehead atoms. The molecule has 0 saturated carbocycles. The summed E-state index contributed by atoms with van der Waals surface area (Å²) in [5.41, 5.74) is 3.01. The lowest BCUT2D eigenvalue weighted by atomic mass is 10.1. The van der Waals surface area contributed by atoms with Crippen LogP contribution in [-0.4, -0.2) is 38.2 Å². The van der Waals surface area contributed by atoms with Crippen LogP contribution < -0.4 is 10.6 Å². The van der Waals surface area contributed by atoms with Crippen LogP contribution in [0.3, 0.4) is 0 Å². The Morgan fingerprint density at radius 3 is 2.22 bits per heavy atom. The number of non-ortho nitro benzene ring substituents is 1. The number of nitrogens with zero attached hydrogens (tertiary/aromatic N) is 5. The molecule has 45 heavy (non-hydrogen) atoms. The van der Waals surface area contributed by atoms with Gasteiger partial charge in [0.05, 0.1) is 15.5 Å². The van der Waals surface area contributed by atoms with E-state index >= 15 is 0 Å². The van der Waals surface area contributed by atoms with E-state index in [1.807, 2.05) is 19.9 Å². The average molecular weight is 622 g/mol. The lowest BCUT2D eigenvalue weighted by molar-refractivity contribution is -0.384. The van der Waals surface area contributed by atoms with Crippen molar-refractivity contribution in [1.82, 2.24) is 18.9 Å². The number of amides is 1. The van der Waals surface area contributed by atoms with Gasteiger partial charge >= 0.3 is 0 Å². The van der Waals surface area contributed by atoms with Gasteiger partial charge in [0.15, 0.2) is 5.65 Å². The Hall–Kier alpha value is -5.95. The maximum Gasteiger partial charge on any atom is 0.269 e. The van der Waals surface area contributed by atoms with Crippen LogP contribution in [0.2, 0.25) is 0 Å². The zero-order valence-electron chi connectivity index (χ0n) is 24.2. The Kier molecular flexibility index (Phi) is 8.91. The van der Waals surface area contributed by atoms with Crippen LogP contribution >= 0.6 is 0 Å². The first-order valence-corrected chi connectivity index (χ1v) is 15.2. The topological polar surface area (TPSA) is 162 Å². The quantitative estimate of drug-likeness (QED) is 0.140. The number of aromatic nitrogens is 4. The van der Waals surface area contributed by atoms with Crippen molar-refractivity contribution in [2.75, 3.05) is 10.6 Å². The smallest absolute Gasteiger partial charge is 0.269 e. The zero-order valence-corrected chi connectivity index (χ0v) is 25.0. The highest BCUT2D eigenvalue weighted by molar-refractivity contribution is 7.90. The van der Waals surface area contributed by atoms with Crippen LogP contribution in [0.4, 0.5) is 22.9 Å². The summed E-state index contributed by atoms with van der Waals surface area (Å²) >= 11 is 0. The molecule has 0 aliphatic rings. The molecule has 0 aliphatic heterocycles. The van der Waals surface area contributed by atoms with Gasteiger partial charge in [-0.25, -0.2) is 27.3 Å². The number of anilines is 3. The highest BCUT2D eigenvalue weighted by Gasteiger charge is 2.20. The van der Waals surface area contributed by atoms with E-state index in [4.69, 9.17) is 0 Å². The summed E-state index contributed by atoms with van der Waals surface area (Å²) in [5.74, 6) is 0.117. The number of nitro benzene ring substituents is 1. The van der Waals surface area contributed by atoms with Gasteiger partial charge in [-0.1, -0.05) is 32.0 Å². The summed E-state index contributed by atoms with van der Waals surface area (Å²) in [6, 6.07) is 25.7. The Morgan fingerprint density at radius 2 is 1.53 bits per heavy atom. The largest absolute Gasteiger partial charge is 0.340 e. The molecule has 0 spiro atoms. The average Bonchev–Trinajstić information content (AvgIpc) is 3.52. The number of carbonyl (C=O) groups is 1. The highest BCUT2D eigenvalue weighted by atomic mass is 32.2. The fourth-order valence-corrected chi connectivity index (χ4v) is 5.68. The zero-order chi connectivity index (χ0) is 32.0. The summed E-state index contributed by atoms with van der Waals surface area (Å²) in [5, 5.41) is 17.4. The molecule has 0 unspecified atom stereocenters. The van der Waals surface area contributed by atoms with Gasteiger partial charge in [-0.3, -0.25) is 14.9 Å². The minimum atomic E-state index is -3.80. The number of hydrogen-bond donors (Lipinski definition) is 2. The van der Waals surface area contributed by atoms with E-state index in [1.54, 1.807) is 60.8 Å². The van der Waals surface area contributed by atoms with E-state index in [9.17, 15) is 23.3 Å². The number of hydrogen-bond acceptors (Lipinski definition) is 9. The van der Waals surface area contributed by atoms with Gasteiger partial charge in [0.25, 0.3) is 21.6 Å². The number of nitrogens with one attached hydrogen (secondary N) is 2. The molecule has 0 aliphatic carbocycles. The van der Waals surface area contributed by atoms with Crippen molar-refractivity contribution in [3.63, 3.8) is 0 Å². The molecule has 6 aromatic rings. The van der Waals surface area contributed by atoms with Crippen LogP contribution in [0.25, 0.3) is 22.3 Å². The third-order valence-corrected chi connectivity index (χ3v) is 8.19. The van der Waals surface area contributed by atoms with Gasteiger partial charge in [-0.2, -0.15) is 0 Å². The van der Waals surface area contributed by atoms with Gasteiger partial charge in [0.1, 0.15) is 12.1 Å². The van der Waals surface area contributed by atoms with Crippen LogP contribution in [-0.2, 0) is 10.0 Å². The predicted octanol–water partition coefficient (Wildman–Crippen LogP) is 6.66. The minimum absolute atomic E-state index is 0.0925. The lowest BCUT2D eigenvalue weighted by Gasteiger charge is -2.10. The van der Waals surface area contributed by atoms with Gasteiger partial charge in [0.2, 0.25) is 0 Å². The number of benzene rings is 3. The van der Waals surface area contributed by atoms with Crippen LogP contribution in [0.1, 0.15) is 24.2 Å². The standard InChI is InChI=1S/C30H21N7O5S.C2H6/c38-30(20-6-12-25(13-7-20)37(39)40)35-24-10-8-23(9-11-24)34-28-17-27(32-19-33-28)22-16-21-14-15-36(29(21)31-18-22)43(41,42)26-4-2-1-3-5-26;1-2/h1-19H,(H,35,38)(H,32,33,34);1-2H3. The van der Waals surface area contributed by atoms with Crippen molar-refractivity contribution in [2.24, 2.45) is 0 Å². The highest BCUT2D eigenvalue weighted by Crippen LogP contribution is 2.27. The molecule has 6 rings (SSSR count). The lowest BCUT2D eigenvalue weighted by Crippen LogP contribution is -2.12. The molecule has 3 heterocycles. The Morgan fingerprint density at radius 1 is 0.844 bits per heavy atom. The van der Waals surface area contributed by atoms with Crippen LogP contribution in [0.15, 0.2) is 121 Å². The van der Waals surface area contributed by atoms with Gasteiger partial charge in [-0.15, -0.1) is 0 Å². The molecule has 3 aromatic heterocycles. The predicted molar refractivity (Wildman–Crippen MR) is 172 cm³/mol. The number of pyridine rings is 1. The fraction of sp³-hybridized carbons (Fsp3) is 0.0625. The molecule has 12 nitrogen and oxygen atoms in total. The van der Waals surface area contributed by atoms with Crippen molar-refractivity contribution in [1.29, 1.82) is 0 Å². The Balaban J connectivity index is 0.00000196. The molecule has 3 aromatic carbocycles. The number of fused-ring (bicyclic) bond motifs is 1. The maximum atomic E-state index is 13.1. The molecule has 0 saturated heterocycles. The second-order valence-corrected chi connectivity index (χ2v) is 11.1. The van der Waals surface area contributed by atoms with Crippen LogP contribution in [0, 0.1) is 10.1 Å². The molecular weight excluding hydrogens is 594 g/mol. The van der Waals surface area contributed by atoms with Gasteiger partial charge < -0.3 is 10.6 Å². The van der Waals surface area contributed by atoms with Crippen molar-refractivity contribution < 1.29 is 18.1 Å². The molecule has 0 fully saturated rings. The first kappa shape index (κ1) is 30.5. The third kappa shape index (κ3) is 6.68. The molecule has 13 heteroatoms. The van der Waals surface area contributed by atoms with E-state index in [0.717, 1.165) is 3.97 Å². The number of rotatable bonds is 8. The first-order chi connectivity index (χ1) is 21.8. The van der Waals surface area contributed by atoms with Crippen LogP contribution in [0.5, 0.6) is 0 Å². The van der Waals surface area contributed by atoms with E-state index < -0.39 is 20.9 Å². The van der Waals surface area contributed by atoms with Crippen molar-refractivity contribution in [3.8, 4) is 11.3 Å². The minimum Gasteiger partial charge on any atom is -0.340 e. The van der Waals surface area contributed by atoms with E-state index in [2.05, 4.69) is 25.6 Å². The van der Waals surface area contributed by atoms with Gasteiger partial charge in [-0.05, 0) is 60.7 Å². The second kappa shape index (κ2) is 13.1. The van der Waals surface area contributed by atoms with E-state index in [-0.39, 0.29) is 10.6 Å². The molecule has 2 N–H and O–H groups in total. The maximum absolute atomic E-state index is 13.1. The second-order valence-electron chi connectivity index (χ2n) is 9.32. The summed E-state index contributed by atoms with van der Waals surface area (Å²) in [6.45, 7) is 4.00. The summed E-state index contributed by atoms with van der Waals surface area (Å²) in [7, 11) is -3.80. The van der Waals surface area contributed by atoms with E-state index in [0.29, 0.717) is 45.0 Å². The SMILES string of the molecule is CC.O=C(Nc1ccc(Nc2cc(-c3cnc4c(ccn4S(=O)(=O)c4ccccc4)c3)ncn2)cc1)c1ccc([N+](=O)[O-])cc1. The Bertz CT molecular complexity index is 2080. The monoisotopic (exact) mass is 621 g/mol. The number of carbonyl (C=O) groups excluding carboxylic acids is 1. The van der Waals surface area contributed by atoms with Crippen molar-refractivity contribution >= 4 is 49.8 Å². The Labute approximate surface area is 258 Å². The first-order valence-electron chi connectivity index (χ1n) is 13.8. The number of nitro groups is 1. The normalized spacial score (nSPS) is 10.9. The van der Waals surface area contributed by atoms with Crippen molar-refractivity contribution in [2.45, 2.75) is 18.7 Å². The molecule has 226 valence electrons. The van der Waals surface area contributed by atoms with Gasteiger partial charge in [0, 0.05) is 58.5 Å². The molecule has 0 radical (unpaired) electrons. The van der Waals surface area contributed by atoms with E-state index in [1.165, 1.54) is 48.9 Å². The molecule has 0 atom stereocenters. The third-order valence-electron chi connectivity index (χ3n) is 6.51. The van der Waals surface area contributed by atoms with Crippen molar-refractivity contribution in [3.05, 3.63) is 131 Å². The molecule has 1 amide bonds. The summed E-state index contributed by atoms with van der Waals surface area (Å²) in [4.78, 5) is 36.0. The summed E-state index contributed by atoms with van der Waals surface area (Å²) in [6.07, 6.45) is 4.45.